The number of phenolic OH excluding ortho intramolecular Hbond substituents is 1. The summed E-state index contributed by atoms with van der Waals surface area (Å²) in [5, 5.41) is 26.0. The molecule has 0 aromatic heterocycles. The highest BCUT2D eigenvalue weighted by Gasteiger charge is 2.40. The summed E-state index contributed by atoms with van der Waals surface area (Å²) in [6.07, 6.45) is 0.710. The highest BCUT2D eigenvalue weighted by atomic mass is 16.3. The third-order valence-electron chi connectivity index (χ3n) is 12.8. The standard InChI is InChI=1S/C54H77N15O10/c1-32(2)28-40(67-49(76)41(29-34-12-5-3-6-13-34)63-45(72)24-21-33-19-22-36(70)23-20-33)48(75)68-42(30-35-14-7-4-8-15-35)50(77)65-38(17-10-26-62-54(59)60)52(79)69-27-11-18-43(69)51(78)64-37(16-9-25-61-53(57)58)47(74)66-39(46(56)73)31-44(55)71/h3-8,12-15,19-20,22-23,32,37-43,70H,9-11,16-18,21,24-31H2,1-2H3,(H2,55,71)(H2,56,73)(H,63,72)(H,64,78)(H,65,77)(H,66,74)(H,67,76)(H,68,75)(H4,57,58,61)(H4,59,60,62)/t37-,38-,39-,40-,41-,42-,43-/m0/s1. The summed E-state index contributed by atoms with van der Waals surface area (Å²) in [4.78, 5) is 132. The number of aliphatic imine (C=N–C) groups is 2. The summed E-state index contributed by atoms with van der Waals surface area (Å²) in [7, 11) is 0. The fourth-order valence-corrected chi connectivity index (χ4v) is 8.83. The van der Waals surface area contributed by atoms with Crippen molar-refractivity contribution in [3.8, 4) is 5.75 Å². The van der Waals surface area contributed by atoms with Crippen molar-refractivity contribution in [2.45, 2.75) is 133 Å². The molecule has 1 aliphatic heterocycles. The number of likely N-dealkylation sites (tertiary alicyclic amines) is 1. The van der Waals surface area contributed by atoms with E-state index < -0.39 is 102 Å². The van der Waals surface area contributed by atoms with Crippen LogP contribution in [0.1, 0.15) is 88.3 Å². The summed E-state index contributed by atoms with van der Waals surface area (Å²) >= 11 is 0. The van der Waals surface area contributed by atoms with E-state index in [-0.39, 0.29) is 101 Å². The minimum atomic E-state index is -1.49. The van der Waals surface area contributed by atoms with E-state index in [2.05, 4.69) is 41.9 Å². The monoisotopic (exact) mass is 1100 g/mol. The molecule has 3 aromatic rings. The molecule has 0 aliphatic carbocycles. The predicted octanol–water partition coefficient (Wildman–Crippen LogP) is -1.78. The molecule has 1 saturated heterocycles. The van der Waals surface area contributed by atoms with Gasteiger partial charge in [-0.25, -0.2) is 0 Å². The van der Waals surface area contributed by atoms with Crippen molar-refractivity contribution < 1.29 is 48.3 Å². The summed E-state index contributed by atoms with van der Waals surface area (Å²) in [6, 6.07) is 15.3. The molecule has 428 valence electrons. The molecule has 9 amide bonds. The van der Waals surface area contributed by atoms with E-state index in [1.165, 1.54) is 17.0 Å². The van der Waals surface area contributed by atoms with Gasteiger partial charge >= 0.3 is 0 Å². The number of hydrogen-bond donors (Lipinski definition) is 13. The van der Waals surface area contributed by atoms with Gasteiger partial charge in [-0.3, -0.25) is 53.1 Å². The average molecular weight is 1100 g/mol. The Hall–Kier alpha value is -8.77. The first-order valence-corrected chi connectivity index (χ1v) is 26.3. The van der Waals surface area contributed by atoms with Crippen LogP contribution < -0.4 is 66.3 Å². The molecule has 1 aliphatic rings. The number of hydrogen-bond acceptors (Lipinski definition) is 12. The number of nitrogens with one attached hydrogen (secondary N) is 6. The Kier molecular flexibility index (Phi) is 25.5. The largest absolute Gasteiger partial charge is 0.508 e. The molecule has 0 spiro atoms. The zero-order valence-electron chi connectivity index (χ0n) is 44.7. The van der Waals surface area contributed by atoms with Crippen molar-refractivity contribution in [3.63, 3.8) is 0 Å². The normalized spacial score (nSPS) is 15.1. The van der Waals surface area contributed by atoms with Crippen LogP contribution in [0.5, 0.6) is 5.75 Å². The third-order valence-corrected chi connectivity index (χ3v) is 12.8. The lowest BCUT2D eigenvalue weighted by Crippen LogP contribution is -2.60. The van der Waals surface area contributed by atoms with Crippen molar-refractivity contribution in [2.24, 2.45) is 50.3 Å². The van der Waals surface area contributed by atoms with Gasteiger partial charge in [0.25, 0.3) is 0 Å². The van der Waals surface area contributed by atoms with Crippen molar-refractivity contribution in [1.82, 2.24) is 36.8 Å². The average Bonchev–Trinajstić information content (AvgIpc) is 3.92. The van der Waals surface area contributed by atoms with Crippen LogP contribution in [0.4, 0.5) is 0 Å². The molecule has 1 fully saturated rings. The van der Waals surface area contributed by atoms with Crippen LogP contribution in [0, 0.1) is 5.92 Å². The molecule has 25 nitrogen and oxygen atoms in total. The lowest BCUT2D eigenvalue weighted by atomic mass is 9.99. The zero-order chi connectivity index (χ0) is 58.0. The first-order valence-electron chi connectivity index (χ1n) is 26.3. The van der Waals surface area contributed by atoms with Crippen LogP contribution in [0.25, 0.3) is 0 Å². The minimum Gasteiger partial charge on any atom is -0.508 e. The topological polar surface area (TPSA) is 430 Å². The molecule has 0 unspecified atom stereocenters. The molecule has 1 heterocycles. The van der Waals surface area contributed by atoms with E-state index in [1.807, 2.05) is 32.0 Å². The van der Waals surface area contributed by atoms with Crippen molar-refractivity contribution in [1.29, 1.82) is 0 Å². The van der Waals surface area contributed by atoms with Gasteiger partial charge in [-0.05, 0) is 86.1 Å². The maximum Gasteiger partial charge on any atom is 0.245 e. The maximum absolute atomic E-state index is 14.8. The van der Waals surface area contributed by atoms with Gasteiger partial charge in [-0.1, -0.05) is 86.6 Å². The lowest BCUT2D eigenvalue weighted by Gasteiger charge is -2.31. The Morgan fingerprint density at radius 3 is 1.58 bits per heavy atom. The Bertz CT molecular complexity index is 2590. The SMILES string of the molecule is CC(C)C[C@H](NC(=O)[C@H](Cc1ccccc1)NC(=O)CCc1ccc(O)cc1)C(=O)N[C@@H](Cc1ccccc1)C(=O)N[C@@H](CCCN=C(N)N)C(=O)N1CCC[C@H]1C(=O)N[C@@H](CCCN=C(N)N)C(=O)N[C@@H](CC(N)=O)C(N)=O. The van der Waals surface area contributed by atoms with Gasteiger partial charge in [0.1, 0.15) is 48.0 Å². The van der Waals surface area contributed by atoms with Crippen LogP contribution in [0.15, 0.2) is 94.9 Å². The van der Waals surface area contributed by atoms with Gasteiger partial charge in [-0.15, -0.1) is 0 Å². The Labute approximate surface area is 459 Å². The molecule has 7 atom stereocenters. The molecule has 0 radical (unpaired) electrons. The number of carbonyl (C=O) groups excluding carboxylic acids is 9. The second kappa shape index (κ2) is 32.1. The predicted molar refractivity (Wildman–Crippen MR) is 295 cm³/mol. The van der Waals surface area contributed by atoms with Gasteiger partial charge in [-0.2, -0.15) is 0 Å². The molecule has 79 heavy (non-hydrogen) atoms. The van der Waals surface area contributed by atoms with E-state index >= 15 is 0 Å². The van der Waals surface area contributed by atoms with E-state index in [4.69, 9.17) is 34.4 Å². The molecule has 3 aromatic carbocycles. The van der Waals surface area contributed by atoms with Crippen LogP contribution in [0.3, 0.4) is 0 Å². The highest BCUT2D eigenvalue weighted by molar-refractivity contribution is 5.98. The van der Waals surface area contributed by atoms with Gasteiger partial charge in [0.05, 0.1) is 6.42 Å². The number of carbonyl (C=O) groups is 9. The third kappa shape index (κ3) is 22.4. The Balaban J connectivity index is 1.60. The number of nitrogens with two attached hydrogens (primary N) is 6. The quantitative estimate of drug-likeness (QED) is 0.0187. The second-order valence-corrected chi connectivity index (χ2v) is 19.8. The molecular formula is C54H77N15O10. The fourth-order valence-electron chi connectivity index (χ4n) is 8.83. The number of amides is 9. The highest BCUT2D eigenvalue weighted by Crippen LogP contribution is 2.21. The summed E-state index contributed by atoms with van der Waals surface area (Å²) in [5.74, 6) is -7.26. The molecule has 0 bridgehead atoms. The van der Waals surface area contributed by atoms with Crippen LogP contribution in [0.2, 0.25) is 0 Å². The molecule has 25 heteroatoms. The molecule has 19 N–H and O–H groups in total. The van der Waals surface area contributed by atoms with Gasteiger partial charge in [0.15, 0.2) is 11.9 Å². The number of aryl methyl sites for hydroxylation is 1. The number of guanidine groups is 2. The summed E-state index contributed by atoms with van der Waals surface area (Å²) < 4.78 is 0. The van der Waals surface area contributed by atoms with E-state index in [0.717, 1.165) is 11.1 Å². The Morgan fingerprint density at radius 1 is 0.582 bits per heavy atom. The number of aromatic hydroxyl groups is 1. The van der Waals surface area contributed by atoms with E-state index in [9.17, 15) is 48.3 Å². The number of nitrogens with zero attached hydrogens (tertiary/aromatic N) is 3. The molecular weight excluding hydrogens is 1020 g/mol. The van der Waals surface area contributed by atoms with Gasteiger partial charge in [0.2, 0.25) is 53.2 Å². The molecule has 0 saturated carbocycles. The van der Waals surface area contributed by atoms with Crippen molar-refractivity contribution in [3.05, 3.63) is 102 Å². The van der Waals surface area contributed by atoms with Crippen LogP contribution in [-0.2, 0) is 62.4 Å². The smallest absolute Gasteiger partial charge is 0.245 e. The van der Waals surface area contributed by atoms with Crippen LogP contribution >= 0.6 is 0 Å². The van der Waals surface area contributed by atoms with Crippen LogP contribution in [-0.4, -0.2) is 137 Å². The summed E-state index contributed by atoms with van der Waals surface area (Å²) in [6.45, 7) is 3.92. The van der Waals surface area contributed by atoms with Gasteiger partial charge in [0, 0.05) is 38.9 Å². The first-order chi connectivity index (χ1) is 37.6. The van der Waals surface area contributed by atoms with Crippen molar-refractivity contribution in [2.75, 3.05) is 19.6 Å². The van der Waals surface area contributed by atoms with E-state index in [0.29, 0.717) is 18.4 Å². The maximum atomic E-state index is 14.8. The summed E-state index contributed by atoms with van der Waals surface area (Å²) in [5.41, 5.74) is 35.0. The number of primary amides is 2. The Morgan fingerprint density at radius 2 is 1.06 bits per heavy atom. The van der Waals surface area contributed by atoms with Crippen molar-refractivity contribution >= 4 is 65.1 Å². The first kappa shape index (κ1) is 62.8. The minimum absolute atomic E-state index is 0.0295. The number of rotatable bonds is 32. The lowest BCUT2D eigenvalue weighted by molar-refractivity contribution is -0.142. The fraction of sp³-hybridized carbons (Fsp3) is 0.463. The molecule has 4 rings (SSSR count). The number of benzene rings is 3. The number of phenols is 1. The second-order valence-electron chi connectivity index (χ2n) is 19.8. The van der Waals surface area contributed by atoms with Gasteiger partial charge < -0.3 is 76.3 Å². The zero-order valence-corrected chi connectivity index (χ0v) is 44.7. The van der Waals surface area contributed by atoms with E-state index in [1.54, 1.807) is 54.6 Å².